The van der Waals surface area contributed by atoms with Gasteiger partial charge in [0.2, 0.25) is 0 Å². The average molecular weight is 274 g/mol. The second-order valence-corrected chi connectivity index (χ2v) is 5.15. The van der Waals surface area contributed by atoms with E-state index in [4.69, 9.17) is 0 Å². The molecule has 2 rings (SSSR count). The van der Waals surface area contributed by atoms with Crippen LogP contribution in [0, 0.1) is 13.8 Å². The summed E-state index contributed by atoms with van der Waals surface area (Å²) >= 11 is 1.53. The van der Waals surface area contributed by atoms with Gasteiger partial charge in [0.1, 0.15) is 11.6 Å². The second kappa shape index (κ2) is 5.93. The van der Waals surface area contributed by atoms with Crippen LogP contribution in [0.5, 0.6) is 0 Å². The fraction of sp³-hybridized carbons (Fsp3) is 0.286. The first-order valence-electron chi connectivity index (χ1n) is 6.07. The minimum absolute atomic E-state index is 0.749. The van der Waals surface area contributed by atoms with Crippen molar-refractivity contribution in [3.05, 3.63) is 35.4 Å². The summed E-state index contributed by atoms with van der Waals surface area (Å²) in [4.78, 5) is 8.80. The van der Waals surface area contributed by atoms with E-state index in [1.807, 2.05) is 19.4 Å². The molecule has 1 aromatic carbocycles. The number of nitrogens with one attached hydrogen (secondary N) is 2. The Morgan fingerprint density at radius 3 is 2.16 bits per heavy atom. The Balaban J connectivity index is 2.31. The molecule has 1 aromatic heterocycles. The van der Waals surface area contributed by atoms with Crippen molar-refractivity contribution in [1.29, 1.82) is 0 Å². The Morgan fingerprint density at radius 1 is 0.947 bits per heavy atom. The summed E-state index contributed by atoms with van der Waals surface area (Å²) in [6.07, 6.45) is 1.97. The lowest BCUT2D eigenvalue weighted by atomic mass is 10.1. The van der Waals surface area contributed by atoms with Crippen LogP contribution in [-0.4, -0.2) is 23.3 Å². The smallest absolute Gasteiger partial charge is 0.191 e. The van der Waals surface area contributed by atoms with Crippen LogP contribution in [0.4, 0.5) is 17.3 Å². The molecule has 0 spiro atoms. The normalized spacial score (nSPS) is 10.3. The van der Waals surface area contributed by atoms with Crippen LogP contribution >= 0.6 is 11.8 Å². The van der Waals surface area contributed by atoms with Gasteiger partial charge >= 0.3 is 0 Å². The maximum absolute atomic E-state index is 4.46. The minimum atomic E-state index is 0.749. The van der Waals surface area contributed by atoms with Crippen LogP contribution in [0.3, 0.4) is 0 Å². The quantitative estimate of drug-likeness (QED) is 0.659. The third-order valence-corrected chi connectivity index (χ3v) is 3.19. The highest BCUT2D eigenvalue weighted by molar-refractivity contribution is 7.98. The van der Waals surface area contributed by atoms with E-state index in [2.05, 4.69) is 52.6 Å². The molecule has 0 fully saturated rings. The number of aryl methyl sites for hydroxylation is 2. The molecule has 100 valence electrons. The molecular weight excluding hydrogens is 256 g/mol. The molecule has 0 saturated carbocycles. The molecule has 0 aliphatic rings. The van der Waals surface area contributed by atoms with E-state index in [-0.39, 0.29) is 0 Å². The van der Waals surface area contributed by atoms with E-state index in [0.29, 0.717) is 0 Å². The Kier molecular flexibility index (Phi) is 4.27. The van der Waals surface area contributed by atoms with E-state index < -0.39 is 0 Å². The number of hydrogen-bond donors (Lipinski definition) is 2. The molecule has 2 aromatic rings. The van der Waals surface area contributed by atoms with Gasteiger partial charge in [-0.05, 0) is 43.4 Å². The van der Waals surface area contributed by atoms with Gasteiger partial charge in [-0.3, -0.25) is 0 Å². The van der Waals surface area contributed by atoms with Gasteiger partial charge < -0.3 is 10.6 Å². The van der Waals surface area contributed by atoms with E-state index in [1.54, 1.807) is 0 Å². The maximum atomic E-state index is 4.46. The summed E-state index contributed by atoms with van der Waals surface area (Å²) in [5.41, 5.74) is 3.51. The zero-order chi connectivity index (χ0) is 13.8. The molecule has 5 heteroatoms. The third-order valence-electron chi connectivity index (χ3n) is 2.64. The second-order valence-electron chi connectivity index (χ2n) is 4.38. The van der Waals surface area contributed by atoms with Crippen LogP contribution < -0.4 is 10.6 Å². The molecule has 0 amide bonds. The molecule has 0 radical (unpaired) electrons. The Morgan fingerprint density at radius 2 is 1.58 bits per heavy atom. The first-order chi connectivity index (χ1) is 9.10. The van der Waals surface area contributed by atoms with Gasteiger partial charge in [0.15, 0.2) is 5.16 Å². The van der Waals surface area contributed by atoms with Crippen molar-refractivity contribution in [3.63, 3.8) is 0 Å². The first-order valence-corrected chi connectivity index (χ1v) is 7.29. The highest BCUT2D eigenvalue weighted by atomic mass is 32.2. The van der Waals surface area contributed by atoms with Crippen LogP contribution in [0.15, 0.2) is 29.4 Å². The van der Waals surface area contributed by atoms with Gasteiger partial charge in [-0.2, -0.15) is 0 Å². The summed E-state index contributed by atoms with van der Waals surface area (Å²) in [5.74, 6) is 1.61. The number of aromatic nitrogens is 2. The monoisotopic (exact) mass is 274 g/mol. The zero-order valence-corrected chi connectivity index (χ0v) is 12.4. The Bertz CT molecular complexity index is 541. The standard InChI is InChI=1S/C14H18N4S/c1-9-5-10(2)7-11(6-9)16-13-8-12(15-3)17-14(18-13)19-4/h5-8H,1-4H3,(H2,15,16,17,18). The molecule has 0 aliphatic heterocycles. The number of hydrogen-bond acceptors (Lipinski definition) is 5. The molecule has 2 N–H and O–H groups in total. The van der Waals surface area contributed by atoms with Crippen LogP contribution in [0.25, 0.3) is 0 Å². The van der Waals surface area contributed by atoms with Gasteiger partial charge in [-0.1, -0.05) is 17.8 Å². The van der Waals surface area contributed by atoms with Crippen LogP contribution in [0.1, 0.15) is 11.1 Å². The highest BCUT2D eigenvalue weighted by Gasteiger charge is 2.04. The fourth-order valence-electron chi connectivity index (χ4n) is 1.90. The summed E-state index contributed by atoms with van der Waals surface area (Å²) < 4.78 is 0. The summed E-state index contributed by atoms with van der Waals surface area (Å²) in [6.45, 7) is 4.18. The Hall–Kier alpha value is -1.75. The maximum Gasteiger partial charge on any atom is 0.191 e. The van der Waals surface area contributed by atoms with Crippen molar-refractivity contribution in [3.8, 4) is 0 Å². The molecular formula is C14H18N4S. The van der Waals surface area contributed by atoms with Crippen molar-refractivity contribution in [1.82, 2.24) is 9.97 Å². The lowest BCUT2D eigenvalue weighted by Crippen LogP contribution is -2.01. The van der Waals surface area contributed by atoms with Gasteiger partial charge in [-0.15, -0.1) is 0 Å². The van der Waals surface area contributed by atoms with Gasteiger partial charge in [0, 0.05) is 18.8 Å². The van der Waals surface area contributed by atoms with Crippen molar-refractivity contribution in [2.75, 3.05) is 23.9 Å². The molecule has 0 aliphatic carbocycles. The van der Waals surface area contributed by atoms with Crippen molar-refractivity contribution >= 4 is 29.1 Å². The first kappa shape index (κ1) is 13.7. The number of benzene rings is 1. The molecule has 0 unspecified atom stereocenters. The molecule has 0 saturated heterocycles. The lowest BCUT2D eigenvalue weighted by Gasteiger charge is -2.10. The fourth-order valence-corrected chi connectivity index (χ4v) is 2.28. The number of rotatable bonds is 4. The van der Waals surface area contributed by atoms with Crippen LogP contribution in [-0.2, 0) is 0 Å². The van der Waals surface area contributed by atoms with Crippen molar-refractivity contribution in [2.24, 2.45) is 0 Å². The molecule has 4 nitrogen and oxygen atoms in total. The van der Waals surface area contributed by atoms with E-state index in [1.165, 1.54) is 22.9 Å². The minimum Gasteiger partial charge on any atom is -0.373 e. The largest absolute Gasteiger partial charge is 0.373 e. The molecule has 0 atom stereocenters. The van der Waals surface area contributed by atoms with Crippen LogP contribution in [0.2, 0.25) is 0 Å². The predicted octanol–water partition coefficient (Wildman–Crippen LogP) is 3.60. The zero-order valence-electron chi connectivity index (χ0n) is 11.6. The van der Waals surface area contributed by atoms with E-state index in [9.17, 15) is 0 Å². The summed E-state index contributed by atoms with van der Waals surface area (Å²) in [6, 6.07) is 8.26. The van der Waals surface area contributed by atoms with E-state index in [0.717, 1.165) is 22.5 Å². The average Bonchev–Trinajstić information content (AvgIpc) is 2.37. The van der Waals surface area contributed by atoms with Crippen molar-refractivity contribution in [2.45, 2.75) is 19.0 Å². The topological polar surface area (TPSA) is 49.8 Å². The summed E-state index contributed by atoms with van der Waals surface area (Å²) in [7, 11) is 1.85. The number of thioether (sulfide) groups is 1. The number of anilines is 3. The summed E-state index contributed by atoms with van der Waals surface area (Å²) in [5, 5.41) is 7.13. The lowest BCUT2D eigenvalue weighted by molar-refractivity contribution is 0.977. The Labute approximate surface area is 118 Å². The molecule has 1 heterocycles. The molecule has 19 heavy (non-hydrogen) atoms. The van der Waals surface area contributed by atoms with E-state index >= 15 is 0 Å². The van der Waals surface area contributed by atoms with Crippen molar-refractivity contribution < 1.29 is 0 Å². The molecule has 0 bridgehead atoms. The van der Waals surface area contributed by atoms with Gasteiger partial charge in [0.25, 0.3) is 0 Å². The SMILES string of the molecule is CNc1cc(Nc2cc(C)cc(C)c2)nc(SC)n1. The third kappa shape index (κ3) is 3.61. The van der Waals surface area contributed by atoms with Gasteiger partial charge in [-0.25, -0.2) is 9.97 Å². The highest BCUT2D eigenvalue weighted by Crippen LogP contribution is 2.22. The number of nitrogens with zero attached hydrogens (tertiary/aromatic N) is 2. The predicted molar refractivity (Wildman–Crippen MR) is 82.6 cm³/mol. The van der Waals surface area contributed by atoms with Gasteiger partial charge in [0.05, 0.1) is 0 Å².